The summed E-state index contributed by atoms with van der Waals surface area (Å²) in [4.78, 5) is 24.1. The summed E-state index contributed by atoms with van der Waals surface area (Å²) in [7, 11) is -5.75. The SMILES string of the molecule is CC(C)(C)OC(=O)Nc1c(I)cc(I)cc1C(=O)OCC(F)(F)S(=O)(=O)O. The van der Waals surface area contributed by atoms with Gasteiger partial charge in [-0.3, -0.25) is 9.87 Å². The van der Waals surface area contributed by atoms with E-state index in [-0.39, 0.29) is 11.3 Å². The molecule has 1 aromatic rings. The number of alkyl halides is 2. The fraction of sp³-hybridized carbons (Fsp3) is 0.429. The number of amides is 1. The average Bonchev–Trinajstić information content (AvgIpc) is 2.44. The zero-order valence-corrected chi connectivity index (χ0v) is 19.3. The van der Waals surface area contributed by atoms with Gasteiger partial charge in [0, 0.05) is 7.14 Å². The van der Waals surface area contributed by atoms with E-state index in [9.17, 15) is 26.8 Å². The Balaban J connectivity index is 3.12. The van der Waals surface area contributed by atoms with Gasteiger partial charge < -0.3 is 9.47 Å². The third kappa shape index (κ3) is 7.26. The minimum atomic E-state index is -5.75. The van der Waals surface area contributed by atoms with E-state index in [1.165, 1.54) is 6.07 Å². The van der Waals surface area contributed by atoms with Crippen LogP contribution >= 0.6 is 45.2 Å². The van der Waals surface area contributed by atoms with Gasteiger partial charge in [-0.2, -0.15) is 17.2 Å². The molecule has 0 unspecified atom stereocenters. The highest BCUT2D eigenvalue weighted by atomic mass is 127. The summed E-state index contributed by atoms with van der Waals surface area (Å²) in [6.07, 6.45) is -0.890. The topological polar surface area (TPSA) is 119 Å². The van der Waals surface area contributed by atoms with Crippen molar-refractivity contribution in [3.63, 3.8) is 0 Å². The summed E-state index contributed by atoms with van der Waals surface area (Å²) in [6, 6.07) is 2.85. The number of esters is 1. The zero-order chi connectivity index (χ0) is 21.2. The summed E-state index contributed by atoms with van der Waals surface area (Å²) < 4.78 is 66.5. The van der Waals surface area contributed by atoms with Crippen molar-refractivity contribution < 1.29 is 40.8 Å². The van der Waals surface area contributed by atoms with Crippen molar-refractivity contribution in [3.05, 3.63) is 24.8 Å². The van der Waals surface area contributed by atoms with Crippen LogP contribution in [0.15, 0.2) is 12.1 Å². The largest absolute Gasteiger partial charge is 0.454 e. The molecule has 1 rings (SSSR count). The molecule has 0 atom stereocenters. The van der Waals surface area contributed by atoms with Gasteiger partial charge in [-0.1, -0.05) is 0 Å². The normalized spacial score (nSPS) is 12.4. The first kappa shape index (κ1) is 24.2. The second-order valence-corrected chi connectivity index (χ2v) is 10.1. The van der Waals surface area contributed by atoms with Gasteiger partial charge in [-0.15, -0.1) is 0 Å². The Labute approximate surface area is 181 Å². The Morgan fingerprint density at radius 1 is 1.22 bits per heavy atom. The first-order chi connectivity index (χ1) is 12.0. The van der Waals surface area contributed by atoms with Crippen LogP contribution < -0.4 is 5.32 Å². The van der Waals surface area contributed by atoms with Crippen LogP contribution in [0.3, 0.4) is 0 Å². The van der Waals surface area contributed by atoms with Gasteiger partial charge in [-0.25, -0.2) is 9.59 Å². The summed E-state index contributed by atoms with van der Waals surface area (Å²) in [5, 5.41) is -2.33. The highest BCUT2D eigenvalue weighted by Crippen LogP contribution is 2.28. The fourth-order valence-electron chi connectivity index (χ4n) is 1.57. The van der Waals surface area contributed by atoms with E-state index in [1.807, 2.05) is 22.6 Å². The van der Waals surface area contributed by atoms with Crippen LogP contribution in [-0.4, -0.2) is 42.5 Å². The molecular formula is C14H15F2I2NO7S. The lowest BCUT2D eigenvalue weighted by Gasteiger charge is -2.21. The molecule has 8 nitrogen and oxygen atoms in total. The average molecular weight is 633 g/mol. The first-order valence-electron chi connectivity index (χ1n) is 7.04. The minimum absolute atomic E-state index is 0.0505. The number of halogens is 4. The molecule has 2 N–H and O–H groups in total. The molecule has 0 aliphatic heterocycles. The van der Waals surface area contributed by atoms with Crippen LogP contribution in [0.5, 0.6) is 0 Å². The van der Waals surface area contributed by atoms with Crippen LogP contribution in [0, 0.1) is 7.14 Å². The molecule has 0 bridgehead atoms. The molecule has 0 saturated heterocycles. The van der Waals surface area contributed by atoms with Gasteiger partial charge in [-0.05, 0) is 78.1 Å². The molecule has 0 spiro atoms. The molecular weight excluding hydrogens is 618 g/mol. The predicted octanol–water partition coefficient (Wildman–Crippen LogP) is 3.88. The van der Waals surface area contributed by atoms with E-state index in [1.54, 1.807) is 49.4 Å². The Morgan fingerprint density at radius 3 is 2.26 bits per heavy atom. The van der Waals surface area contributed by atoms with Crippen molar-refractivity contribution in [2.24, 2.45) is 0 Å². The maximum Gasteiger partial charge on any atom is 0.412 e. The number of carbonyl (C=O) groups is 2. The van der Waals surface area contributed by atoms with E-state index in [4.69, 9.17) is 9.29 Å². The lowest BCUT2D eigenvalue weighted by molar-refractivity contribution is -0.00945. The molecule has 13 heteroatoms. The van der Waals surface area contributed by atoms with Crippen molar-refractivity contribution in [2.45, 2.75) is 31.6 Å². The summed E-state index contributed by atoms with van der Waals surface area (Å²) in [5.74, 6) is -1.32. The highest BCUT2D eigenvalue weighted by Gasteiger charge is 2.45. The summed E-state index contributed by atoms with van der Waals surface area (Å²) >= 11 is 3.66. The third-order valence-corrected chi connectivity index (χ3v) is 5.00. The van der Waals surface area contributed by atoms with Crippen molar-refractivity contribution in [2.75, 3.05) is 11.9 Å². The smallest absolute Gasteiger partial charge is 0.412 e. The summed E-state index contributed by atoms with van der Waals surface area (Å²) in [5.41, 5.74) is -1.16. The van der Waals surface area contributed by atoms with Crippen LogP contribution in [0.25, 0.3) is 0 Å². The van der Waals surface area contributed by atoms with E-state index >= 15 is 0 Å². The number of hydrogen-bond acceptors (Lipinski definition) is 6. The van der Waals surface area contributed by atoms with Gasteiger partial charge in [0.15, 0.2) is 6.61 Å². The fourth-order valence-corrected chi connectivity index (χ4v) is 3.76. The lowest BCUT2D eigenvalue weighted by atomic mass is 10.2. The molecule has 0 radical (unpaired) electrons. The lowest BCUT2D eigenvalue weighted by Crippen LogP contribution is -2.34. The minimum Gasteiger partial charge on any atom is -0.454 e. The number of ether oxygens (including phenoxy) is 2. The van der Waals surface area contributed by atoms with E-state index < -0.39 is 39.6 Å². The first-order valence-corrected chi connectivity index (χ1v) is 10.6. The maximum atomic E-state index is 13.3. The molecule has 0 aliphatic carbocycles. The molecule has 0 fully saturated rings. The van der Waals surface area contributed by atoms with E-state index in [0.29, 0.717) is 7.14 Å². The Hall–Kier alpha value is -0.810. The molecule has 1 aromatic carbocycles. The molecule has 0 aromatic heterocycles. The highest BCUT2D eigenvalue weighted by molar-refractivity contribution is 14.1. The Kier molecular flexibility index (Phi) is 7.80. The number of rotatable bonds is 5. The molecule has 152 valence electrons. The van der Waals surface area contributed by atoms with Crippen LogP contribution in [0.2, 0.25) is 0 Å². The van der Waals surface area contributed by atoms with Gasteiger partial charge in [0.2, 0.25) is 0 Å². The van der Waals surface area contributed by atoms with E-state index in [0.717, 1.165) is 0 Å². The van der Waals surface area contributed by atoms with Crippen LogP contribution in [-0.2, 0) is 19.6 Å². The van der Waals surface area contributed by atoms with Gasteiger partial charge in [0.25, 0.3) is 0 Å². The third-order valence-electron chi connectivity index (χ3n) is 2.65. The molecule has 1 amide bonds. The zero-order valence-electron chi connectivity index (χ0n) is 14.2. The molecule has 0 aliphatic rings. The Morgan fingerprint density at radius 2 is 1.78 bits per heavy atom. The predicted molar refractivity (Wildman–Crippen MR) is 109 cm³/mol. The number of benzene rings is 1. The van der Waals surface area contributed by atoms with Crippen molar-refractivity contribution in [1.82, 2.24) is 0 Å². The Bertz CT molecular complexity index is 854. The molecule has 0 heterocycles. The maximum absolute atomic E-state index is 13.3. The number of carbonyl (C=O) groups excluding carboxylic acids is 2. The van der Waals surface area contributed by atoms with Crippen LogP contribution in [0.4, 0.5) is 19.3 Å². The monoisotopic (exact) mass is 633 g/mol. The summed E-state index contributed by atoms with van der Waals surface area (Å²) in [6.45, 7) is 2.98. The number of hydrogen-bond donors (Lipinski definition) is 2. The molecule has 27 heavy (non-hydrogen) atoms. The van der Waals surface area contributed by atoms with Gasteiger partial charge in [0.05, 0.1) is 11.3 Å². The molecule has 0 saturated carbocycles. The van der Waals surface area contributed by atoms with Gasteiger partial charge in [0.1, 0.15) is 5.60 Å². The quantitative estimate of drug-likeness (QED) is 0.287. The standard InChI is InChI=1S/C14H15F2I2NO7S/c1-13(2,3)26-12(21)19-10-8(4-7(17)5-9(10)18)11(20)25-6-14(15,16)27(22,23)24/h4-5H,6H2,1-3H3,(H,19,21)(H,22,23,24). The van der Waals surface area contributed by atoms with Crippen molar-refractivity contribution in [3.8, 4) is 0 Å². The van der Waals surface area contributed by atoms with E-state index in [2.05, 4.69) is 10.1 Å². The second-order valence-electron chi connectivity index (χ2n) is 6.13. The van der Waals surface area contributed by atoms with Gasteiger partial charge >= 0.3 is 27.4 Å². The van der Waals surface area contributed by atoms with Crippen molar-refractivity contribution in [1.29, 1.82) is 0 Å². The second kappa shape index (κ2) is 8.69. The number of nitrogens with one attached hydrogen (secondary N) is 1. The number of anilines is 1. The van der Waals surface area contributed by atoms with Crippen LogP contribution in [0.1, 0.15) is 31.1 Å². The van der Waals surface area contributed by atoms with Crippen molar-refractivity contribution >= 4 is 73.0 Å².